The summed E-state index contributed by atoms with van der Waals surface area (Å²) in [4.78, 5) is 1.52. The molecule has 5 heteroatoms. The molecule has 0 radical (unpaired) electrons. The number of alkyl halides is 2. The zero-order valence-corrected chi connectivity index (χ0v) is 12.2. The molecule has 3 nitrogen and oxygen atoms in total. The summed E-state index contributed by atoms with van der Waals surface area (Å²) in [5.74, 6) is 0.563. The van der Waals surface area contributed by atoms with Gasteiger partial charge in [0.1, 0.15) is 11.8 Å². The highest BCUT2D eigenvalue weighted by Gasteiger charge is 2.22. The number of hydrogen-bond donors (Lipinski definition) is 0. The maximum atomic E-state index is 12.8. The topological polar surface area (TPSA) is 36.3 Å². The Morgan fingerprint density at radius 1 is 1.27 bits per heavy atom. The van der Waals surface area contributed by atoms with Gasteiger partial charge in [-0.25, -0.2) is 8.78 Å². The molecule has 22 heavy (non-hydrogen) atoms. The predicted molar refractivity (Wildman–Crippen MR) is 81.1 cm³/mol. The van der Waals surface area contributed by atoms with E-state index in [1.807, 2.05) is 19.1 Å². The lowest BCUT2D eigenvalue weighted by Crippen LogP contribution is -2.28. The van der Waals surface area contributed by atoms with E-state index in [4.69, 9.17) is 10.00 Å². The molecule has 0 N–H and O–H groups in total. The zero-order chi connectivity index (χ0) is 16.1. The first-order valence-electron chi connectivity index (χ1n) is 6.76. The van der Waals surface area contributed by atoms with Crippen molar-refractivity contribution in [2.45, 2.75) is 13.3 Å². The van der Waals surface area contributed by atoms with Crippen LogP contribution in [-0.2, 0) is 0 Å². The molecule has 0 aromatic heterocycles. The molecular formula is C17H16F2N2O. The van der Waals surface area contributed by atoms with Crippen molar-refractivity contribution in [2.24, 2.45) is 0 Å². The Hall–Kier alpha value is -2.61. The molecule has 1 aliphatic heterocycles. The monoisotopic (exact) mass is 302 g/mol. The Bertz CT molecular complexity index is 654. The van der Waals surface area contributed by atoms with E-state index in [0.717, 1.165) is 11.1 Å². The Morgan fingerprint density at radius 3 is 2.55 bits per heavy atom. The molecule has 0 fully saturated rings. The number of nitriles is 1. The summed E-state index contributed by atoms with van der Waals surface area (Å²) >= 11 is 0. The van der Waals surface area contributed by atoms with Crippen molar-refractivity contribution < 1.29 is 13.5 Å². The largest absolute Gasteiger partial charge is 0.479 e. The number of benzene rings is 1. The van der Waals surface area contributed by atoms with Gasteiger partial charge in [-0.15, -0.1) is 0 Å². The van der Waals surface area contributed by atoms with E-state index in [2.05, 4.69) is 6.58 Å². The van der Waals surface area contributed by atoms with Crippen molar-refractivity contribution in [3.05, 3.63) is 59.8 Å². The summed E-state index contributed by atoms with van der Waals surface area (Å²) < 4.78 is 30.8. The van der Waals surface area contributed by atoms with Crippen LogP contribution < -0.4 is 4.74 Å². The molecule has 0 saturated carbocycles. The molecule has 0 unspecified atom stereocenters. The highest BCUT2D eigenvalue weighted by molar-refractivity contribution is 5.71. The molecule has 114 valence electrons. The second kappa shape index (κ2) is 6.90. The van der Waals surface area contributed by atoms with Crippen LogP contribution in [0.25, 0.3) is 5.70 Å². The van der Waals surface area contributed by atoms with Gasteiger partial charge in [-0.3, -0.25) is 0 Å². The standard InChI is InChI=1S/C17H16F2N2O/c1-12-3-8-16(21(13(12)2)11-17(18)19)14-4-6-15(7-5-14)22-10-9-20/h3-8,17H,2,10-11H2,1H3. The van der Waals surface area contributed by atoms with E-state index in [1.165, 1.54) is 4.90 Å². The average Bonchev–Trinajstić information content (AvgIpc) is 2.50. The van der Waals surface area contributed by atoms with E-state index in [1.54, 1.807) is 30.3 Å². The number of nitrogens with zero attached hydrogens (tertiary/aromatic N) is 2. The Labute approximate surface area is 128 Å². The molecule has 0 spiro atoms. The van der Waals surface area contributed by atoms with Gasteiger partial charge in [-0.1, -0.05) is 12.7 Å². The summed E-state index contributed by atoms with van der Waals surface area (Å²) in [6.45, 7) is 5.30. The molecular weight excluding hydrogens is 286 g/mol. The summed E-state index contributed by atoms with van der Waals surface area (Å²) in [5.41, 5.74) is 2.89. The molecule has 1 heterocycles. The first-order chi connectivity index (χ1) is 10.5. The van der Waals surface area contributed by atoms with Crippen LogP contribution in [0.2, 0.25) is 0 Å². The number of allylic oxidation sites excluding steroid dienone is 3. The van der Waals surface area contributed by atoms with Gasteiger partial charge in [0.2, 0.25) is 0 Å². The van der Waals surface area contributed by atoms with Crippen molar-refractivity contribution in [1.29, 1.82) is 5.26 Å². The third-order valence-corrected chi connectivity index (χ3v) is 3.34. The van der Waals surface area contributed by atoms with Crippen LogP contribution in [-0.4, -0.2) is 24.5 Å². The van der Waals surface area contributed by atoms with Crippen LogP contribution in [0.3, 0.4) is 0 Å². The lowest BCUT2D eigenvalue weighted by atomic mass is 10.0. The summed E-state index contributed by atoms with van der Waals surface area (Å²) in [6.07, 6.45) is 1.21. The fourth-order valence-corrected chi connectivity index (χ4v) is 2.18. The van der Waals surface area contributed by atoms with E-state index in [0.29, 0.717) is 17.1 Å². The molecule has 0 bridgehead atoms. The Morgan fingerprint density at radius 2 is 1.95 bits per heavy atom. The predicted octanol–water partition coefficient (Wildman–Crippen LogP) is 3.97. The van der Waals surface area contributed by atoms with Gasteiger partial charge < -0.3 is 9.64 Å². The van der Waals surface area contributed by atoms with Crippen molar-refractivity contribution in [3.63, 3.8) is 0 Å². The lowest BCUT2D eigenvalue weighted by molar-refractivity contribution is 0.123. The van der Waals surface area contributed by atoms with Crippen molar-refractivity contribution in [3.8, 4) is 11.8 Å². The minimum absolute atomic E-state index is 0.0295. The minimum Gasteiger partial charge on any atom is -0.479 e. The van der Waals surface area contributed by atoms with E-state index < -0.39 is 13.0 Å². The fourth-order valence-electron chi connectivity index (χ4n) is 2.18. The molecule has 1 aromatic rings. The Balaban J connectivity index is 2.28. The quantitative estimate of drug-likeness (QED) is 0.825. The zero-order valence-electron chi connectivity index (χ0n) is 12.2. The number of ether oxygens (including phenoxy) is 1. The van der Waals surface area contributed by atoms with Crippen LogP contribution in [0.4, 0.5) is 8.78 Å². The SMILES string of the molecule is C=C1C(C)=CC=C(c2ccc(OCC#N)cc2)N1CC(F)F. The second-order valence-corrected chi connectivity index (χ2v) is 4.82. The number of rotatable bonds is 5. The average molecular weight is 302 g/mol. The van der Waals surface area contributed by atoms with Crippen LogP contribution in [0, 0.1) is 11.3 Å². The van der Waals surface area contributed by atoms with Gasteiger partial charge in [-0.05, 0) is 48.4 Å². The number of hydrogen-bond acceptors (Lipinski definition) is 3. The maximum absolute atomic E-state index is 12.8. The van der Waals surface area contributed by atoms with Crippen LogP contribution in [0.1, 0.15) is 12.5 Å². The second-order valence-electron chi connectivity index (χ2n) is 4.82. The molecule has 0 saturated heterocycles. The first kappa shape index (κ1) is 15.8. The number of halogens is 2. The first-order valence-corrected chi connectivity index (χ1v) is 6.76. The molecule has 0 aliphatic carbocycles. The van der Waals surface area contributed by atoms with E-state index in [-0.39, 0.29) is 6.61 Å². The van der Waals surface area contributed by atoms with Crippen molar-refractivity contribution >= 4 is 5.70 Å². The van der Waals surface area contributed by atoms with E-state index in [9.17, 15) is 8.78 Å². The van der Waals surface area contributed by atoms with Gasteiger partial charge in [0.15, 0.2) is 6.61 Å². The van der Waals surface area contributed by atoms with Gasteiger partial charge in [0.25, 0.3) is 6.43 Å². The molecule has 1 aromatic carbocycles. The maximum Gasteiger partial charge on any atom is 0.256 e. The summed E-state index contributed by atoms with van der Waals surface area (Å²) in [6, 6.07) is 8.86. The van der Waals surface area contributed by atoms with Crippen molar-refractivity contribution in [1.82, 2.24) is 4.90 Å². The van der Waals surface area contributed by atoms with Crippen LogP contribution in [0.15, 0.2) is 54.3 Å². The molecule has 0 atom stereocenters. The van der Waals surface area contributed by atoms with Crippen LogP contribution in [0.5, 0.6) is 5.75 Å². The molecule has 1 aliphatic rings. The molecule has 0 amide bonds. The molecule has 2 rings (SSSR count). The Kier molecular flexibility index (Phi) is 4.95. The van der Waals surface area contributed by atoms with Crippen molar-refractivity contribution in [2.75, 3.05) is 13.2 Å². The third kappa shape index (κ3) is 3.53. The van der Waals surface area contributed by atoms with Gasteiger partial charge in [-0.2, -0.15) is 5.26 Å². The van der Waals surface area contributed by atoms with Gasteiger partial charge in [0.05, 0.1) is 6.54 Å². The highest BCUT2D eigenvalue weighted by Crippen LogP contribution is 2.31. The summed E-state index contributed by atoms with van der Waals surface area (Å²) in [5, 5.41) is 8.48. The normalized spacial score (nSPS) is 14.5. The van der Waals surface area contributed by atoms with Gasteiger partial charge in [0, 0.05) is 11.4 Å². The third-order valence-electron chi connectivity index (χ3n) is 3.34. The lowest BCUT2D eigenvalue weighted by Gasteiger charge is -2.32. The fraction of sp³-hybridized carbons (Fsp3) is 0.235. The highest BCUT2D eigenvalue weighted by atomic mass is 19.3. The smallest absolute Gasteiger partial charge is 0.256 e. The van der Waals surface area contributed by atoms with Gasteiger partial charge >= 0.3 is 0 Å². The summed E-state index contributed by atoms with van der Waals surface area (Å²) in [7, 11) is 0. The van der Waals surface area contributed by atoms with Crippen LogP contribution >= 0.6 is 0 Å². The van der Waals surface area contributed by atoms with E-state index >= 15 is 0 Å². The minimum atomic E-state index is -2.45.